The van der Waals surface area contributed by atoms with Crippen LogP contribution < -0.4 is 10.1 Å². The maximum absolute atomic E-state index is 10.8. The van der Waals surface area contributed by atoms with Gasteiger partial charge in [-0.3, -0.25) is 4.79 Å². The van der Waals surface area contributed by atoms with Crippen LogP contribution in [0.2, 0.25) is 0 Å². The third-order valence-electron chi connectivity index (χ3n) is 2.17. The molecule has 0 fully saturated rings. The average Bonchev–Trinajstić information content (AvgIpc) is 2.34. The molecule has 3 N–H and O–H groups in total. The lowest BCUT2D eigenvalue weighted by Gasteiger charge is -2.14. The fraction of sp³-hybridized carbons (Fsp3) is 0.333. The van der Waals surface area contributed by atoms with E-state index in [1.807, 2.05) is 0 Å². The van der Waals surface area contributed by atoms with E-state index in [2.05, 4.69) is 5.32 Å². The highest BCUT2D eigenvalue weighted by Gasteiger charge is 2.19. The molecule has 6 heteroatoms. The van der Waals surface area contributed by atoms with E-state index in [9.17, 15) is 9.59 Å². The minimum Gasteiger partial charge on any atom is -0.491 e. The lowest BCUT2D eigenvalue weighted by Crippen LogP contribution is -2.43. The van der Waals surface area contributed by atoms with Gasteiger partial charge in [0.1, 0.15) is 12.4 Å². The number of ether oxygens (including phenoxy) is 1. The lowest BCUT2D eigenvalue weighted by molar-refractivity contribution is -0.142. The number of carbonyl (C=O) groups excluding carboxylic acids is 1. The number of carbonyl (C=O) groups is 2. The molecule has 1 unspecified atom stereocenters. The van der Waals surface area contributed by atoms with Gasteiger partial charge in [0.2, 0.25) is 5.91 Å². The first-order valence-electron chi connectivity index (χ1n) is 5.35. The predicted octanol–water partition coefficient (Wildman–Crippen LogP) is 0.147. The molecule has 0 spiro atoms. The summed E-state index contributed by atoms with van der Waals surface area (Å²) >= 11 is 0. The number of nitrogens with one attached hydrogen (secondary N) is 1. The number of amides is 1. The highest BCUT2D eigenvalue weighted by atomic mass is 16.5. The van der Waals surface area contributed by atoms with Gasteiger partial charge in [0.25, 0.3) is 0 Å². The van der Waals surface area contributed by atoms with E-state index in [-0.39, 0.29) is 13.2 Å². The quantitative estimate of drug-likeness (QED) is 0.670. The summed E-state index contributed by atoms with van der Waals surface area (Å²) in [4.78, 5) is 21.7. The Kier molecular flexibility index (Phi) is 5.13. The molecule has 1 atom stereocenters. The number of aliphatic carboxylic acids is 1. The second kappa shape index (κ2) is 6.61. The second-order valence-corrected chi connectivity index (χ2v) is 3.71. The number of benzene rings is 1. The first-order chi connectivity index (χ1) is 8.52. The number of carboxylic acid groups (broad SMARTS) is 1. The zero-order valence-corrected chi connectivity index (χ0v) is 9.92. The smallest absolute Gasteiger partial charge is 0.329 e. The van der Waals surface area contributed by atoms with Crippen LogP contribution in [0.1, 0.15) is 12.5 Å². The Morgan fingerprint density at radius 3 is 2.72 bits per heavy atom. The minimum atomic E-state index is -1.16. The van der Waals surface area contributed by atoms with Crippen molar-refractivity contribution in [2.24, 2.45) is 0 Å². The van der Waals surface area contributed by atoms with Gasteiger partial charge >= 0.3 is 5.97 Å². The highest BCUT2D eigenvalue weighted by Crippen LogP contribution is 2.13. The van der Waals surface area contributed by atoms with E-state index < -0.39 is 17.9 Å². The van der Waals surface area contributed by atoms with Crippen LogP contribution in [0.15, 0.2) is 24.3 Å². The molecular weight excluding hydrogens is 238 g/mol. The van der Waals surface area contributed by atoms with Gasteiger partial charge in [-0.15, -0.1) is 0 Å². The number of aliphatic hydroxyl groups excluding tert-OH is 1. The van der Waals surface area contributed by atoms with Gasteiger partial charge in [0.05, 0.1) is 6.61 Å². The molecule has 0 radical (unpaired) electrons. The van der Waals surface area contributed by atoms with Gasteiger partial charge < -0.3 is 20.3 Å². The molecule has 1 rings (SSSR count). The van der Waals surface area contributed by atoms with E-state index in [4.69, 9.17) is 14.9 Å². The van der Waals surface area contributed by atoms with Crippen molar-refractivity contribution in [3.05, 3.63) is 29.8 Å². The number of rotatable bonds is 6. The Labute approximate surface area is 104 Å². The Bertz CT molecular complexity index is 432. The summed E-state index contributed by atoms with van der Waals surface area (Å²) in [5, 5.41) is 20.1. The normalized spacial score (nSPS) is 11.7. The molecule has 1 amide bonds. The molecule has 6 nitrogen and oxygen atoms in total. The summed E-state index contributed by atoms with van der Waals surface area (Å²) in [6.45, 7) is 0.942. The van der Waals surface area contributed by atoms with Crippen molar-refractivity contribution < 1.29 is 24.5 Å². The fourth-order valence-electron chi connectivity index (χ4n) is 1.33. The molecule has 1 aromatic rings. The lowest BCUT2D eigenvalue weighted by atomic mass is 10.2. The Morgan fingerprint density at radius 2 is 2.17 bits per heavy atom. The molecule has 98 valence electrons. The van der Waals surface area contributed by atoms with Crippen molar-refractivity contribution in [1.82, 2.24) is 5.32 Å². The monoisotopic (exact) mass is 253 g/mol. The maximum atomic E-state index is 10.8. The van der Waals surface area contributed by atoms with Crippen LogP contribution in [0.25, 0.3) is 0 Å². The summed E-state index contributed by atoms with van der Waals surface area (Å²) in [6.07, 6.45) is 0. The van der Waals surface area contributed by atoms with Gasteiger partial charge in [0, 0.05) is 6.92 Å². The van der Waals surface area contributed by atoms with Crippen molar-refractivity contribution in [3.63, 3.8) is 0 Å². The summed E-state index contributed by atoms with van der Waals surface area (Å²) in [7, 11) is 0. The topological polar surface area (TPSA) is 95.9 Å². The van der Waals surface area contributed by atoms with E-state index in [0.29, 0.717) is 11.3 Å². The van der Waals surface area contributed by atoms with Crippen LogP contribution in [0.5, 0.6) is 5.75 Å². The second-order valence-electron chi connectivity index (χ2n) is 3.71. The summed E-state index contributed by atoms with van der Waals surface area (Å²) in [6, 6.07) is 5.56. The predicted molar refractivity (Wildman–Crippen MR) is 63.1 cm³/mol. The highest BCUT2D eigenvalue weighted by molar-refractivity contribution is 5.82. The molecule has 0 saturated carbocycles. The summed E-state index contributed by atoms with van der Waals surface area (Å²) < 4.78 is 5.27. The van der Waals surface area contributed by atoms with Gasteiger partial charge in [-0.25, -0.2) is 4.79 Å². The van der Waals surface area contributed by atoms with Crippen molar-refractivity contribution in [2.75, 3.05) is 6.61 Å². The van der Waals surface area contributed by atoms with E-state index in [0.717, 1.165) is 0 Å². The first kappa shape index (κ1) is 14.0. The number of hydrogen-bond donors (Lipinski definition) is 3. The molecule has 18 heavy (non-hydrogen) atoms. The molecule has 0 aliphatic carbocycles. The van der Waals surface area contributed by atoms with Crippen LogP contribution >= 0.6 is 0 Å². The van der Waals surface area contributed by atoms with Crippen molar-refractivity contribution in [1.29, 1.82) is 0 Å². The van der Waals surface area contributed by atoms with Crippen molar-refractivity contribution in [3.8, 4) is 5.75 Å². The molecule has 0 aliphatic rings. The third kappa shape index (κ3) is 4.42. The van der Waals surface area contributed by atoms with Crippen LogP contribution in [-0.4, -0.2) is 34.7 Å². The van der Waals surface area contributed by atoms with Crippen LogP contribution in [0.4, 0.5) is 0 Å². The van der Waals surface area contributed by atoms with E-state index in [1.165, 1.54) is 6.92 Å². The summed E-state index contributed by atoms with van der Waals surface area (Å²) in [5.41, 5.74) is 0.666. The van der Waals surface area contributed by atoms with E-state index in [1.54, 1.807) is 24.3 Å². The minimum absolute atomic E-state index is 0.120. The van der Waals surface area contributed by atoms with Crippen LogP contribution in [-0.2, 0) is 16.2 Å². The zero-order chi connectivity index (χ0) is 13.5. The Morgan fingerprint density at radius 1 is 1.44 bits per heavy atom. The van der Waals surface area contributed by atoms with Gasteiger partial charge in [-0.1, -0.05) is 12.1 Å². The largest absolute Gasteiger partial charge is 0.491 e. The standard InChI is InChI=1S/C12H15NO5/c1-8(15)13-11(12(16)17)7-18-10-4-2-3-9(5-10)6-14/h2-5,11,14H,6-7H2,1H3,(H,13,15)(H,16,17). The number of aliphatic hydroxyl groups is 1. The number of hydrogen-bond acceptors (Lipinski definition) is 4. The van der Waals surface area contributed by atoms with Crippen molar-refractivity contribution >= 4 is 11.9 Å². The van der Waals surface area contributed by atoms with Gasteiger partial charge in [-0.05, 0) is 17.7 Å². The fourth-order valence-corrected chi connectivity index (χ4v) is 1.33. The molecule has 0 aromatic heterocycles. The first-order valence-corrected chi connectivity index (χ1v) is 5.35. The van der Waals surface area contributed by atoms with Crippen LogP contribution in [0, 0.1) is 0 Å². The molecule has 0 heterocycles. The molecular formula is C12H15NO5. The molecule has 1 aromatic carbocycles. The summed E-state index contributed by atoms with van der Waals surface area (Å²) in [5.74, 6) is -1.16. The molecule has 0 saturated heterocycles. The number of carboxylic acids is 1. The zero-order valence-electron chi connectivity index (χ0n) is 9.92. The SMILES string of the molecule is CC(=O)NC(COc1cccc(CO)c1)C(=O)O. The van der Waals surface area contributed by atoms with Crippen molar-refractivity contribution in [2.45, 2.75) is 19.6 Å². The third-order valence-corrected chi connectivity index (χ3v) is 2.17. The van der Waals surface area contributed by atoms with Gasteiger partial charge in [0.15, 0.2) is 6.04 Å². The average molecular weight is 253 g/mol. The van der Waals surface area contributed by atoms with Crippen LogP contribution in [0.3, 0.4) is 0 Å². The molecule has 0 aliphatic heterocycles. The Hall–Kier alpha value is -2.08. The van der Waals surface area contributed by atoms with Gasteiger partial charge in [-0.2, -0.15) is 0 Å². The van der Waals surface area contributed by atoms with E-state index >= 15 is 0 Å². The maximum Gasteiger partial charge on any atom is 0.329 e. The molecule has 0 bridgehead atoms. The Balaban J connectivity index is 2.60.